The van der Waals surface area contributed by atoms with Gasteiger partial charge in [0.2, 0.25) is 0 Å². The molecule has 100 valence electrons. The highest BCUT2D eigenvalue weighted by Gasteiger charge is 2.37. The van der Waals surface area contributed by atoms with Gasteiger partial charge in [0, 0.05) is 18.0 Å². The van der Waals surface area contributed by atoms with Crippen LogP contribution in [0.4, 0.5) is 0 Å². The molecular weight excluding hydrogens is 294 g/mol. The van der Waals surface area contributed by atoms with Gasteiger partial charge in [-0.05, 0) is 30.6 Å². The second-order valence-corrected chi connectivity index (χ2v) is 6.03. The Bertz CT molecular complexity index is 709. The van der Waals surface area contributed by atoms with E-state index in [4.69, 9.17) is 0 Å². The average molecular weight is 303 g/mol. The lowest BCUT2D eigenvalue weighted by atomic mass is 10.3. The summed E-state index contributed by atoms with van der Waals surface area (Å²) < 4.78 is 3.95. The third-order valence-electron chi connectivity index (χ3n) is 2.92. The normalized spacial score (nSPS) is 20.4. The van der Waals surface area contributed by atoms with Crippen molar-refractivity contribution in [2.45, 2.75) is 12.4 Å². The molecule has 2 aliphatic heterocycles. The number of thioether (sulfide) groups is 1. The molecule has 4 heterocycles. The van der Waals surface area contributed by atoms with Crippen LogP contribution in [-0.2, 0) is 0 Å². The second-order valence-electron chi connectivity index (χ2n) is 4.21. The predicted octanol–water partition coefficient (Wildman–Crippen LogP) is 1.20. The van der Waals surface area contributed by atoms with E-state index in [-0.39, 0.29) is 5.50 Å². The van der Waals surface area contributed by atoms with Crippen LogP contribution in [0.25, 0.3) is 0 Å². The van der Waals surface area contributed by atoms with Crippen LogP contribution < -0.4 is 5.43 Å². The molecule has 7 nitrogen and oxygen atoms in total. The molecule has 0 bridgehead atoms. The molecule has 0 radical (unpaired) electrons. The zero-order valence-electron chi connectivity index (χ0n) is 10.4. The van der Waals surface area contributed by atoms with Crippen molar-refractivity contribution in [1.82, 2.24) is 25.0 Å². The molecule has 2 aromatic rings. The Hall–Kier alpha value is -2.00. The Morgan fingerprint density at radius 1 is 1.30 bits per heavy atom. The number of hydrogen-bond donors (Lipinski definition) is 1. The predicted molar refractivity (Wildman–Crippen MR) is 78.3 cm³/mol. The van der Waals surface area contributed by atoms with Crippen molar-refractivity contribution >= 4 is 34.2 Å². The lowest BCUT2D eigenvalue weighted by molar-refractivity contribution is 0.426. The number of hydrogen-bond acceptors (Lipinski definition) is 9. The van der Waals surface area contributed by atoms with E-state index in [9.17, 15) is 0 Å². The molecule has 1 atom stereocenters. The number of nitrogens with one attached hydrogen (secondary N) is 1. The van der Waals surface area contributed by atoms with E-state index >= 15 is 0 Å². The molecule has 0 amide bonds. The summed E-state index contributed by atoms with van der Waals surface area (Å²) in [5.41, 5.74) is 5.00. The Kier molecular flexibility index (Phi) is 2.67. The van der Waals surface area contributed by atoms with Gasteiger partial charge >= 0.3 is 0 Å². The fourth-order valence-corrected chi connectivity index (χ4v) is 3.56. The van der Waals surface area contributed by atoms with Crippen LogP contribution in [-0.4, -0.2) is 36.0 Å². The standard InChI is InChI=1S/C11H9N7S2/c1-6-8(20-17-13-6)9-14-15-11-18(9)16-10(19-11)7-2-4-12-5-3-7/h2-5,11,15H,1H3. The molecule has 0 spiro atoms. The smallest absolute Gasteiger partial charge is 0.192 e. The van der Waals surface area contributed by atoms with Gasteiger partial charge in [0.1, 0.15) is 9.92 Å². The first-order valence-corrected chi connectivity index (χ1v) is 7.55. The van der Waals surface area contributed by atoms with Gasteiger partial charge in [-0.25, -0.2) is 5.01 Å². The van der Waals surface area contributed by atoms with Gasteiger partial charge in [-0.2, -0.15) is 10.2 Å². The Morgan fingerprint density at radius 2 is 2.15 bits per heavy atom. The first-order valence-electron chi connectivity index (χ1n) is 5.90. The van der Waals surface area contributed by atoms with E-state index in [1.165, 1.54) is 11.5 Å². The zero-order valence-corrected chi connectivity index (χ0v) is 12.0. The number of aryl methyl sites for hydroxylation is 1. The maximum atomic E-state index is 4.64. The molecule has 0 saturated carbocycles. The third-order valence-corrected chi connectivity index (χ3v) is 4.82. The Morgan fingerprint density at radius 3 is 2.90 bits per heavy atom. The van der Waals surface area contributed by atoms with Crippen LogP contribution >= 0.6 is 23.3 Å². The summed E-state index contributed by atoms with van der Waals surface area (Å²) in [6, 6.07) is 3.90. The summed E-state index contributed by atoms with van der Waals surface area (Å²) >= 11 is 2.96. The number of rotatable bonds is 2. The van der Waals surface area contributed by atoms with Crippen LogP contribution in [0.5, 0.6) is 0 Å². The number of fused-ring (bicyclic) bond motifs is 1. The van der Waals surface area contributed by atoms with Crippen molar-refractivity contribution in [3.05, 3.63) is 40.7 Å². The van der Waals surface area contributed by atoms with Gasteiger partial charge in [0.05, 0.1) is 5.69 Å². The molecule has 20 heavy (non-hydrogen) atoms. The third kappa shape index (κ3) is 1.78. The number of hydrazone groups is 2. The Labute approximate surface area is 123 Å². The quantitative estimate of drug-likeness (QED) is 0.898. The minimum atomic E-state index is -0.00494. The maximum absolute atomic E-state index is 4.64. The summed E-state index contributed by atoms with van der Waals surface area (Å²) in [5, 5.41) is 15.8. The van der Waals surface area contributed by atoms with Crippen molar-refractivity contribution in [3.8, 4) is 0 Å². The summed E-state index contributed by atoms with van der Waals surface area (Å²) in [7, 11) is 0. The molecule has 0 aromatic carbocycles. The number of amidine groups is 1. The summed E-state index contributed by atoms with van der Waals surface area (Å²) in [6.07, 6.45) is 3.53. The lowest BCUT2D eigenvalue weighted by Crippen LogP contribution is -2.30. The first kappa shape index (κ1) is 11.8. The van der Waals surface area contributed by atoms with Crippen LogP contribution in [0.2, 0.25) is 0 Å². The van der Waals surface area contributed by atoms with Crippen LogP contribution in [0.3, 0.4) is 0 Å². The molecule has 2 aromatic heterocycles. The highest BCUT2D eigenvalue weighted by Crippen LogP contribution is 2.33. The van der Waals surface area contributed by atoms with E-state index in [0.717, 1.165) is 27.0 Å². The van der Waals surface area contributed by atoms with E-state index in [1.54, 1.807) is 24.2 Å². The van der Waals surface area contributed by atoms with E-state index in [2.05, 4.69) is 30.2 Å². The second kappa shape index (κ2) is 4.53. The maximum Gasteiger partial charge on any atom is 0.192 e. The van der Waals surface area contributed by atoms with Gasteiger partial charge in [-0.3, -0.25) is 10.4 Å². The fourth-order valence-electron chi connectivity index (χ4n) is 1.95. The molecule has 4 rings (SSSR count). The molecule has 1 N–H and O–H groups in total. The average Bonchev–Trinajstić information content (AvgIpc) is 3.15. The van der Waals surface area contributed by atoms with Crippen molar-refractivity contribution in [2.24, 2.45) is 10.2 Å². The van der Waals surface area contributed by atoms with Crippen molar-refractivity contribution in [1.29, 1.82) is 0 Å². The minimum Gasteiger partial charge on any atom is -0.274 e. The van der Waals surface area contributed by atoms with Gasteiger partial charge in [-0.15, -0.1) is 5.10 Å². The highest BCUT2D eigenvalue weighted by atomic mass is 32.2. The van der Waals surface area contributed by atoms with Crippen LogP contribution in [0.15, 0.2) is 34.7 Å². The summed E-state index contributed by atoms with van der Waals surface area (Å²) in [5.74, 6) is 0.777. The molecule has 2 aliphatic rings. The van der Waals surface area contributed by atoms with Gasteiger partial charge in [0.25, 0.3) is 0 Å². The van der Waals surface area contributed by atoms with Crippen molar-refractivity contribution in [3.63, 3.8) is 0 Å². The molecule has 9 heteroatoms. The van der Waals surface area contributed by atoms with Crippen LogP contribution in [0, 0.1) is 6.92 Å². The Balaban J connectivity index is 1.68. The monoisotopic (exact) mass is 303 g/mol. The largest absolute Gasteiger partial charge is 0.274 e. The van der Waals surface area contributed by atoms with E-state index in [0.29, 0.717) is 0 Å². The van der Waals surface area contributed by atoms with Gasteiger partial charge < -0.3 is 0 Å². The molecule has 0 saturated heterocycles. The van der Waals surface area contributed by atoms with Crippen molar-refractivity contribution < 1.29 is 0 Å². The number of nitrogens with zero attached hydrogens (tertiary/aromatic N) is 6. The van der Waals surface area contributed by atoms with E-state index in [1.807, 2.05) is 24.1 Å². The lowest BCUT2D eigenvalue weighted by Gasteiger charge is -2.12. The number of aromatic nitrogens is 3. The molecule has 0 aliphatic carbocycles. The van der Waals surface area contributed by atoms with Crippen molar-refractivity contribution in [2.75, 3.05) is 0 Å². The van der Waals surface area contributed by atoms with Crippen LogP contribution in [0.1, 0.15) is 16.1 Å². The topological polar surface area (TPSA) is 78.7 Å². The zero-order chi connectivity index (χ0) is 13.5. The fraction of sp³-hybridized carbons (Fsp3) is 0.182. The SMILES string of the molecule is Cc1nnsc1C1=NNC2SC(c3ccncc3)=NN12. The molecular formula is C11H9N7S2. The first-order chi connectivity index (χ1) is 9.83. The molecule has 0 fully saturated rings. The number of pyridine rings is 1. The summed E-state index contributed by atoms with van der Waals surface area (Å²) in [4.78, 5) is 4.97. The van der Waals surface area contributed by atoms with Gasteiger partial charge in [0.15, 0.2) is 11.3 Å². The minimum absolute atomic E-state index is 0.00494. The highest BCUT2D eigenvalue weighted by molar-refractivity contribution is 8.15. The molecule has 1 unspecified atom stereocenters. The van der Waals surface area contributed by atoms with E-state index < -0.39 is 0 Å². The summed E-state index contributed by atoms with van der Waals surface area (Å²) in [6.45, 7) is 1.92. The van der Waals surface area contributed by atoms with Gasteiger partial charge in [-0.1, -0.05) is 16.3 Å².